The molecule has 0 bridgehead atoms. The Labute approximate surface area is 154 Å². The summed E-state index contributed by atoms with van der Waals surface area (Å²) in [5.74, 6) is 1.70. The van der Waals surface area contributed by atoms with Crippen LogP contribution in [-0.2, 0) is 9.84 Å². The summed E-state index contributed by atoms with van der Waals surface area (Å²) in [6.45, 7) is 8.64. The second-order valence-electron chi connectivity index (χ2n) is 7.16. The summed E-state index contributed by atoms with van der Waals surface area (Å²) in [5.41, 5.74) is 0. The Kier molecular flexibility index (Phi) is 5.89. The van der Waals surface area contributed by atoms with Gasteiger partial charge in [0, 0.05) is 38.8 Å². The quantitative estimate of drug-likeness (QED) is 0.632. The number of anilines is 1. The zero-order chi connectivity index (χ0) is 17.9. The fraction of sp³-hybridized carbons (Fsp3) is 0.706. The van der Waals surface area contributed by atoms with E-state index in [9.17, 15) is 8.42 Å². The van der Waals surface area contributed by atoms with Crippen LogP contribution in [-0.4, -0.2) is 69.5 Å². The molecule has 0 aromatic carbocycles. The summed E-state index contributed by atoms with van der Waals surface area (Å²) in [7, 11) is -2.83. The normalized spacial score (nSPS) is 24.1. The summed E-state index contributed by atoms with van der Waals surface area (Å²) in [4.78, 5) is 9.49. The van der Waals surface area contributed by atoms with Gasteiger partial charge in [0.25, 0.3) is 0 Å². The number of hydrogen-bond acceptors (Lipinski definition) is 5. The van der Waals surface area contributed by atoms with E-state index in [0.717, 1.165) is 38.6 Å². The van der Waals surface area contributed by atoms with Crippen LogP contribution < -0.4 is 10.2 Å². The molecule has 1 aromatic heterocycles. The average Bonchev–Trinajstić information content (AvgIpc) is 3.21. The van der Waals surface area contributed by atoms with E-state index in [-0.39, 0.29) is 11.7 Å². The molecule has 0 radical (unpaired) electrons. The maximum atomic E-state index is 11.6. The molecule has 1 N–H and O–H groups in total. The first kappa shape index (κ1) is 18.5. The van der Waals surface area contributed by atoms with Gasteiger partial charge in [0.2, 0.25) is 0 Å². The van der Waals surface area contributed by atoms with Crippen LogP contribution in [0.15, 0.2) is 22.5 Å². The molecule has 1 aromatic rings. The van der Waals surface area contributed by atoms with E-state index in [1.807, 2.05) is 0 Å². The highest BCUT2D eigenvalue weighted by molar-refractivity contribution is 7.91. The summed E-state index contributed by atoms with van der Waals surface area (Å²) in [5, 5.41) is 6.90. The lowest BCUT2D eigenvalue weighted by Gasteiger charge is -2.37. The van der Waals surface area contributed by atoms with Crippen molar-refractivity contribution >= 4 is 32.1 Å². The molecule has 8 heteroatoms. The lowest BCUT2D eigenvalue weighted by Crippen LogP contribution is -2.53. The molecule has 0 saturated carbocycles. The molecular weight excluding hydrogens is 356 g/mol. The molecular formula is C17H28N4O2S2. The van der Waals surface area contributed by atoms with Crippen LogP contribution in [0.25, 0.3) is 0 Å². The number of hydrogen-bond donors (Lipinski definition) is 1. The molecule has 3 heterocycles. The maximum absolute atomic E-state index is 11.6. The number of sulfone groups is 1. The largest absolute Gasteiger partial charge is 0.360 e. The third kappa shape index (κ3) is 5.10. The van der Waals surface area contributed by atoms with E-state index < -0.39 is 9.84 Å². The van der Waals surface area contributed by atoms with Gasteiger partial charge in [-0.1, -0.05) is 0 Å². The van der Waals surface area contributed by atoms with Gasteiger partial charge in [0.1, 0.15) is 0 Å². The SMILES string of the molecule is CC(C)NC(=NCC1CCS(=O)(=O)C1)N1CCN(c2cccs2)CC1. The van der Waals surface area contributed by atoms with Gasteiger partial charge in [-0.25, -0.2) is 8.42 Å². The van der Waals surface area contributed by atoms with Crippen molar-refractivity contribution in [3.05, 3.63) is 17.5 Å². The summed E-state index contributed by atoms with van der Waals surface area (Å²) >= 11 is 1.78. The Balaban J connectivity index is 1.60. The molecule has 2 aliphatic rings. The molecule has 2 saturated heterocycles. The molecule has 3 rings (SSSR count). The zero-order valence-electron chi connectivity index (χ0n) is 15.0. The highest BCUT2D eigenvalue weighted by Crippen LogP contribution is 2.22. The smallest absolute Gasteiger partial charge is 0.194 e. The Morgan fingerprint density at radius 3 is 2.68 bits per heavy atom. The highest BCUT2D eigenvalue weighted by Gasteiger charge is 2.28. The molecule has 6 nitrogen and oxygen atoms in total. The Morgan fingerprint density at radius 1 is 1.36 bits per heavy atom. The van der Waals surface area contributed by atoms with E-state index in [0.29, 0.717) is 18.3 Å². The fourth-order valence-corrected chi connectivity index (χ4v) is 5.95. The van der Waals surface area contributed by atoms with Crippen molar-refractivity contribution in [2.24, 2.45) is 10.9 Å². The lowest BCUT2D eigenvalue weighted by atomic mass is 10.1. The molecule has 25 heavy (non-hydrogen) atoms. The van der Waals surface area contributed by atoms with Crippen molar-refractivity contribution in [2.45, 2.75) is 26.3 Å². The maximum Gasteiger partial charge on any atom is 0.194 e. The fourth-order valence-electron chi connectivity index (χ4n) is 3.32. The predicted octanol–water partition coefficient (Wildman–Crippen LogP) is 1.66. The minimum atomic E-state index is -2.83. The topological polar surface area (TPSA) is 65.0 Å². The van der Waals surface area contributed by atoms with Gasteiger partial charge in [0.15, 0.2) is 15.8 Å². The van der Waals surface area contributed by atoms with Gasteiger partial charge >= 0.3 is 0 Å². The minimum absolute atomic E-state index is 0.168. The van der Waals surface area contributed by atoms with E-state index in [2.05, 4.69) is 46.5 Å². The third-order valence-electron chi connectivity index (χ3n) is 4.64. The van der Waals surface area contributed by atoms with E-state index in [4.69, 9.17) is 4.99 Å². The average molecular weight is 385 g/mol. The third-order valence-corrected chi connectivity index (χ3v) is 7.41. The summed E-state index contributed by atoms with van der Waals surface area (Å²) in [6, 6.07) is 4.57. The van der Waals surface area contributed by atoms with Crippen LogP contribution in [0, 0.1) is 5.92 Å². The van der Waals surface area contributed by atoms with Crippen LogP contribution in [0.4, 0.5) is 5.00 Å². The van der Waals surface area contributed by atoms with Gasteiger partial charge in [-0.15, -0.1) is 11.3 Å². The monoisotopic (exact) mass is 384 g/mol. The number of piperazine rings is 1. The molecule has 2 aliphatic heterocycles. The molecule has 1 unspecified atom stereocenters. The molecule has 2 fully saturated rings. The lowest BCUT2D eigenvalue weighted by molar-refractivity contribution is 0.368. The van der Waals surface area contributed by atoms with Crippen LogP contribution in [0.2, 0.25) is 0 Å². The summed E-state index contributed by atoms with van der Waals surface area (Å²) < 4.78 is 23.3. The van der Waals surface area contributed by atoms with Crippen molar-refractivity contribution in [3.8, 4) is 0 Å². The second kappa shape index (κ2) is 7.95. The predicted molar refractivity (Wildman–Crippen MR) is 105 cm³/mol. The van der Waals surface area contributed by atoms with Gasteiger partial charge in [-0.3, -0.25) is 4.99 Å². The van der Waals surface area contributed by atoms with Crippen molar-refractivity contribution in [3.63, 3.8) is 0 Å². The van der Waals surface area contributed by atoms with Crippen LogP contribution in [0.3, 0.4) is 0 Å². The van der Waals surface area contributed by atoms with E-state index >= 15 is 0 Å². The number of guanidine groups is 1. The minimum Gasteiger partial charge on any atom is -0.360 e. The van der Waals surface area contributed by atoms with Crippen molar-refractivity contribution in [2.75, 3.05) is 49.1 Å². The van der Waals surface area contributed by atoms with Gasteiger partial charge in [-0.2, -0.15) is 0 Å². The highest BCUT2D eigenvalue weighted by atomic mass is 32.2. The van der Waals surface area contributed by atoms with E-state index in [1.54, 1.807) is 11.3 Å². The standard InChI is InChI=1S/C17H28N4O2S2/c1-14(2)19-17(18-12-15-5-11-25(22,23)13-15)21-8-6-20(7-9-21)16-4-3-10-24-16/h3-4,10,14-15H,5-9,11-13H2,1-2H3,(H,18,19). The second-order valence-corrected chi connectivity index (χ2v) is 10.3. The Bertz CT molecular complexity index is 678. The number of rotatable bonds is 4. The van der Waals surface area contributed by atoms with Crippen LogP contribution in [0.5, 0.6) is 0 Å². The first-order chi connectivity index (χ1) is 11.9. The number of nitrogens with zero attached hydrogens (tertiary/aromatic N) is 3. The number of thiophene rings is 1. The van der Waals surface area contributed by atoms with Gasteiger partial charge in [-0.05, 0) is 43.7 Å². The first-order valence-corrected chi connectivity index (χ1v) is 11.7. The van der Waals surface area contributed by atoms with Crippen molar-refractivity contribution < 1.29 is 8.42 Å². The van der Waals surface area contributed by atoms with Crippen LogP contribution >= 0.6 is 11.3 Å². The Morgan fingerprint density at radius 2 is 2.12 bits per heavy atom. The molecule has 0 amide bonds. The van der Waals surface area contributed by atoms with Crippen molar-refractivity contribution in [1.82, 2.24) is 10.2 Å². The van der Waals surface area contributed by atoms with Crippen LogP contribution in [0.1, 0.15) is 20.3 Å². The first-order valence-electron chi connectivity index (χ1n) is 8.98. The zero-order valence-corrected chi connectivity index (χ0v) is 16.7. The van der Waals surface area contributed by atoms with Gasteiger partial charge < -0.3 is 15.1 Å². The Hall–Kier alpha value is -1.28. The van der Waals surface area contributed by atoms with Crippen molar-refractivity contribution in [1.29, 1.82) is 0 Å². The van der Waals surface area contributed by atoms with Gasteiger partial charge in [0.05, 0.1) is 16.5 Å². The molecule has 0 aliphatic carbocycles. The molecule has 140 valence electrons. The van der Waals surface area contributed by atoms with E-state index in [1.165, 1.54) is 5.00 Å². The molecule has 1 atom stereocenters. The number of aliphatic imine (C=N–C) groups is 1. The molecule has 0 spiro atoms. The number of nitrogens with one attached hydrogen (secondary N) is 1. The summed E-state index contributed by atoms with van der Waals surface area (Å²) in [6.07, 6.45) is 0.743.